The zero-order valence-electron chi connectivity index (χ0n) is 9.72. The molecular weight excluding hydrogens is 327 g/mol. The van der Waals surface area contributed by atoms with Gasteiger partial charge in [0.1, 0.15) is 21.5 Å². The first kappa shape index (κ1) is 14.7. The number of anilines is 1. The fourth-order valence-electron chi connectivity index (χ4n) is 1.42. The van der Waals surface area contributed by atoms with Gasteiger partial charge in [0, 0.05) is 0 Å². The summed E-state index contributed by atoms with van der Waals surface area (Å²) in [7, 11) is -4.10. The molecule has 0 radical (unpaired) electrons. The normalized spacial score (nSPS) is 11.3. The molecule has 0 atom stereocenters. The van der Waals surface area contributed by atoms with Gasteiger partial charge < -0.3 is 5.73 Å². The van der Waals surface area contributed by atoms with E-state index in [1.165, 1.54) is 6.20 Å². The van der Waals surface area contributed by atoms with Gasteiger partial charge in [-0.05, 0) is 18.2 Å². The Labute approximate surface area is 124 Å². The van der Waals surface area contributed by atoms with E-state index in [0.717, 1.165) is 18.2 Å². The number of aromatic amines is 1. The lowest BCUT2D eigenvalue weighted by atomic mass is 10.3. The van der Waals surface area contributed by atoms with Gasteiger partial charge in [0.2, 0.25) is 0 Å². The van der Waals surface area contributed by atoms with Crippen LogP contribution < -0.4 is 10.5 Å². The molecule has 0 amide bonds. The van der Waals surface area contributed by atoms with Gasteiger partial charge in [0.15, 0.2) is 0 Å². The predicted octanol–water partition coefficient (Wildman–Crippen LogP) is 1.64. The van der Waals surface area contributed by atoms with Gasteiger partial charge in [-0.2, -0.15) is 5.10 Å². The van der Waals surface area contributed by atoms with Gasteiger partial charge in [-0.1, -0.05) is 23.8 Å². The number of rotatable bonds is 4. The summed E-state index contributed by atoms with van der Waals surface area (Å²) < 4.78 is 39.6. The molecule has 1 aromatic heterocycles. The summed E-state index contributed by atoms with van der Waals surface area (Å²) >= 11 is 10.5. The van der Waals surface area contributed by atoms with Crippen LogP contribution in [0.4, 0.5) is 10.2 Å². The van der Waals surface area contributed by atoms with Gasteiger partial charge in [0.25, 0.3) is 10.0 Å². The number of thiocarbonyl (C=S) groups is 1. The third kappa shape index (κ3) is 2.89. The number of hydrogen-bond acceptors (Lipinski definition) is 4. The van der Waals surface area contributed by atoms with E-state index in [4.69, 9.17) is 29.6 Å². The molecule has 106 valence electrons. The zero-order valence-corrected chi connectivity index (χ0v) is 12.1. The van der Waals surface area contributed by atoms with Crippen LogP contribution in [0, 0.1) is 5.82 Å². The molecule has 0 aliphatic rings. The van der Waals surface area contributed by atoms with Gasteiger partial charge in [-0.3, -0.25) is 9.82 Å². The quantitative estimate of drug-likeness (QED) is 0.738. The minimum absolute atomic E-state index is 0.0159. The molecule has 0 aliphatic heterocycles. The van der Waals surface area contributed by atoms with Crippen molar-refractivity contribution in [2.24, 2.45) is 5.73 Å². The third-order valence-corrected chi connectivity index (χ3v) is 4.38. The first-order valence-corrected chi connectivity index (χ1v) is 7.39. The largest absolute Gasteiger partial charge is 0.389 e. The molecule has 1 heterocycles. The molecule has 0 saturated heterocycles. The Kier molecular flexibility index (Phi) is 3.93. The highest BCUT2D eigenvalue weighted by Gasteiger charge is 2.21. The van der Waals surface area contributed by atoms with Gasteiger partial charge in [-0.25, -0.2) is 12.8 Å². The molecular formula is C10H8ClFN4O2S2. The van der Waals surface area contributed by atoms with E-state index in [9.17, 15) is 12.8 Å². The van der Waals surface area contributed by atoms with Gasteiger partial charge >= 0.3 is 0 Å². The molecule has 1 aromatic carbocycles. The van der Waals surface area contributed by atoms with E-state index >= 15 is 0 Å². The molecule has 6 nitrogen and oxygen atoms in total. The van der Waals surface area contributed by atoms with Crippen LogP contribution in [0.25, 0.3) is 0 Å². The zero-order chi connectivity index (χ0) is 14.9. The third-order valence-electron chi connectivity index (χ3n) is 2.32. The number of nitrogens with two attached hydrogens (primary N) is 1. The number of hydrogen-bond donors (Lipinski definition) is 3. The van der Waals surface area contributed by atoms with Crippen molar-refractivity contribution >= 4 is 44.6 Å². The molecule has 2 rings (SSSR count). The van der Waals surface area contributed by atoms with Crippen LogP contribution in [0.1, 0.15) is 5.56 Å². The van der Waals surface area contributed by atoms with Gasteiger partial charge in [0.05, 0.1) is 16.8 Å². The average Bonchev–Trinajstić information content (AvgIpc) is 2.79. The summed E-state index contributed by atoms with van der Waals surface area (Å²) in [6.45, 7) is 0. The summed E-state index contributed by atoms with van der Waals surface area (Å²) in [5, 5.41) is 5.92. The molecule has 20 heavy (non-hydrogen) atoms. The Bertz CT molecular complexity index is 775. The average molecular weight is 335 g/mol. The molecule has 0 bridgehead atoms. The summed E-state index contributed by atoms with van der Waals surface area (Å²) in [5.41, 5.74) is 5.64. The maximum atomic E-state index is 13.2. The number of halogens is 2. The molecule has 0 saturated carbocycles. The molecule has 4 N–H and O–H groups in total. The van der Waals surface area contributed by atoms with Crippen molar-refractivity contribution in [2.45, 2.75) is 4.90 Å². The lowest BCUT2D eigenvalue weighted by Crippen LogP contribution is -2.18. The Hall–Kier alpha value is -1.71. The number of sulfonamides is 1. The standard InChI is InChI=1S/C10H8ClFN4O2S2/c11-7-2-1-5(12)3-8(7)20(17,18)16-10-6(9(13)19)4-14-15-10/h1-4H,(H2,13,19)(H2,14,15,16). The summed E-state index contributed by atoms with van der Waals surface area (Å²) in [6.07, 6.45) is 1.27. The minimum atomic E-state index is -4.10. The first-order valence-electron chi connectivity index (χ1n) is 5.12. The molecule has 2 aromatic rings. The first-order chi connectivity index (χ1) is 9.31. The van der Waals surface area contributed by atoms with Crippen molar-refractivity contribution in [3.63, 3.8) is 0 Å². The maximum Gasteiger partial charge on any atom is 0.264 e. The summed E-state index contributed by atoms with van der Waals surface area (Å²) in [5.74, 6) is -0.744. The van der Waals surface area contributed by atoms with Crippen LogP contribution in [-0.4, -0.2) is 23.6 Å². The van der Waals surface area contributed by atoms with E-state index in [0.29, 0.717) is 0 Å². The van der Waals surface area contributed by atoms with Crippen LogP contribution in [0.2, 0.25) is 5.02 Å². The highest BCUT2D eigenvalue weighted by Crippen LogP contribution is 2.25. The monoisotopic (exact) mass is 334 g/mol. The Morgan fingerprint density at radius 1 is 1.50 bits per heavy atom. The van der Waals surface area contributed by atoms with E-state index in [1.54, 1.807) is 0 Å². The smallest absolute Gasteiger partial charge is 0.264 e. The Morgan fingerprint density at radius 3 is 2.85 bits per heavy atom. The summed E-state index contributed by atoms with van der Waals surface area (Å²) in [4.78, 5) is -0.440. The van der Waals surface area contributed by atoms with Crippen molar-refractivity contribution in [2.75, 3.05) is 4.72 Å². The van der Waals surface area contributed by atoms with Crippen LogP contribution in [-0.2, 0) is 10.0 Å². The maximum absolute atomic E-state index is 13.2. The minimum Gasteiger partial charge on any atom is -0.389 e. The number of aromatic nitrogens is 2. The highest BCUT2D eigenvalue weighted by atomic mass is 35.5. The van der Waals surface area contributed by atoms with Crippen molar-refractivity contribution in [3.05, 3.63) is 40.8 Å². The number of H-pyrrole nitrogens is 1. The van der Waals surface area contributed by atoms with Crippen molar-refractivity contribution in [3.8, 4) is 0 Å². The number of nitrogens with one attached hydrogen (secondary N) is 2. The fourth-order valence-corrected chi connectivity index (χ4v) is 3.13. The topological polar surface area (TPSA) is 101 Å². The second-order valence-corrected chi connectivity index (χ2v) is 6.20. The predicted molar refractivity (Wildman–Crippen MR) is 76.7 cm³/mol. The van der Waals surface area contributed by atoms with Crippen LogP contribution in [0.3, 0.4) is 0 Å². The summed E-state index contributed by atoms with van der Waals surface area (Å²) in [6, 6.07) is 3.01. The van der Waals surface area contributed by atoms with Crippen molar-refractivity contribution < 1.29 is 12.8 Å². The Balaban J connectivity index is 2.44. The fraction of sp³-hybridized carbons (Fsp3) is 0. The van der Waals surface area contributed by atoms with Crippen molar-refractivity contribution in [1.29, 1.82) is 0 Å². The van der Waals surface area contributed by atoms with Crippen molar-refractivity contribution in [1.82, 2.24) is 10.2 Å². The molecule has 0 unspecified atom stereocenters. The highest BCUT2D eigenvalue weighted by molar-refractivity contribution is 7.92. The van der Waals surface area contributed by atoms with Crippen LogP contribution in [0.15, 0.2) is 29.3 Å². The number of benzene rings is 1. The van der Waals surface area contributed by atoms with Crippen LogP contribution >= 0.6 is 23.8 Å². The van der Waals surface area contributed by atoms with E-state index in [2.05, 4.69) is 14.9 Å². The molecule has 0 aliphatic carbocycles. The lowest BCUT2D eigenvalue weighted by molar-refractivity contribution is 0.595. The molecule has 0 fully saturated rings. The number of nitrogens with zero attached hydrogens (tertiary/aromatic N) is 1. The van der Waals surface area contributed by atoms with Gasteiger partial charge in [-0.15, -0.1) is 0 Å². The second kappa shape index (κ2) is 5.35. The van der Waals surface area contributed by atoms with E-state index in [1.807, 2.05) is 0 Å². The molecule has 0 spiro atoms. The molecule has 10 heteroatoms. The Morgan fingerprint density at radius 2 is 2.20 bits per heavy atom. The lowest BCUT2D eigenvalue weighted by Gasteiger charge is -2.09. The SMILES string of the molecule is NC(=S)c1cn[nH]c1NS(=O)(=O)c1cc(F)ccc1Cl. The van der Waals surface area contributed by atoms with E-state index < -0.39 is 20.7 Å². The second-order valence-electron chi connectivity index (χ2n) is 3.70. The van der Waals surface area contributed by atoms with E-state index in [-0.39, 0.29) is 21.4 Å². The van der Waals surface area contributed by atoms with Crippen LogP contribution in [0.5, 0.6) is 0 Å².